The van der Waals surface area contributed by atoms with Crippen LogP contribution in [-0.2, 0) is 20.7 Å². The normalized spacial score (nSPS) is 14.2. The number of carbonyl (C=O) groups is 3. The number of amides is 2. The minimum atomic E-state index is -1.03. The van der Waals surface area contributed by atoms with E-state index in [9.17, 15) is 14.4 Å². The molecule has 1 aliphatic rings. The summed E-state index contributed by atoms with van der Waals surface area (Å²) in [6.07, 6.45) is 4.60. The smallest absolute Gasteiger partial charge is 0.289 e. The van der Waals surface area contributed by atoms with Gasteiger partial charge in [0.1, 0.15) is 6.04 Å². The van der Waals surface area contributed by atoms with Crippen LogP contribution in [0, 0.1) is 0 Å². The molecule has 9 nitrogen and oxygen atoms in total. The number of nitrogens with one attached hydrogen (secondary N) is 2. The molecule has 1 aliphatic heterocycles. The molecule has 1 saturated heterocycles. The molecule has 2 N–H and O–H groups in total. The van der Waals surface area contributed by atoms with Crippen LogP contribution >= 0.6 is 0 Å². The Bertz CT molecular complexity index is 1400. The van der Waals surface area contributed by atoms with Crippen molar-refractivity contribution in [2.24, 2.45) is 0 Å². The van der Waals surface area contributed by atoms with E-state index in [4.69, 9.17) is 14.2 Å². The molecule has 0 aromatic heterocycles. The van der Waals surface area contributed by atoms with Gasteiger partial charge in [0.2, 0.25) is 5.78 Å². The van der Waals surface area contributed by atoms with Crippen LogP contribution in [-0.4, -0.2) is 82.2 Å². The van der Waals surface area contributed by atoms with Gasteiger partial charge in [-0.2, -0.15) is 0 Å². The van der Waals surface area contributed by atoms with Gasteiger partial charge in [0.05, 0.1) is 27.4 Å². The van der Waals surface area contributed by atoms with Crippen LogP contribution in [0.25, 0.3) is 12.2 Å². The third-order valence-electron chi connectivity index (χ3n) is 7.24. The van der Waals surface area contributed by atoms with Crippen LogP contribution in [0.2, 0.25) is 0 Å². The average Bonchev–Trinajstić information content (AvgIpc) is 3.05. The van der Waals surface area contributed by atoms with E-state index in [2.05, 4.69) is 15.5 Å². The Hall–Kier alpha value is -4.47. The minimum Gasteiger partial charge on any atom is -0.493 e. The molecule has 3 aromatic rings. The maximum Gasteiger partial charge on any atom is 0.289 e. The molecule has 0 bridgehead atoms. The molecule has 0 unspecified atom stereocenters. The Morgan fingerprint density at radius 3 is 2.37 bits per heavy atom. The first kappa shape index (κ1) is 31.5. The summed E-state index contributed by atoms with van der Waals surface area (Å²) in [7, 11) is 3.15. The van der Waals surface area contributed by atoms with E-state index in [1.807, 2.05) is 72.8 Å². The zero-order valence-electron chi connectivity index (χ0n) is 24.7. The van der Waals surface area contributed by atoms with Crippen molar-refractivity contribution in [3.63, 3.8) is 0 Å². The van der Waals surface area contributed by atoms with E-state index in [0.717, 1.165) is 30.8 Å². The van der Waals surface area contributed by atoms with Crippen molar-refractivity contribution in [1.82, 2.24) is 15.5 Å². The van der Waals surface area contributed by atoms with Crippen LogP contribution in [0.4, 0.5) is 0 Å². The number of morpholine rings is 1. The molecule has 0 saturated carbocycles. The van der Waals surface area contributed by atoms with Gasteiger partial charge < -0.3 is 24.8 Å². The van der Waals surface area contributed by atoms with Gasteiger partial charge >= 0.3 is 0 Å². The molecule has 0 aliphatic carbocycles. The first-order valence-corrected chi connectivity index (χ1v) is 14.4. The summed E-state index contributed by atoms with van der Waals surface area (Å²) >= 11 is 0. The molecule has 2 amide bonds. The number of methoxy groups -OCH3 is 2. The van der Waals surface area contributed by atoms with Gasteiger partial charge in [-0.15, -0.1) is 0 Å². The van der Waals surface area contributed by atoms with E-state index in [0.29, 0.717) is 48.8 Å². The predicted octanol–water partition coefficient (Wildman–Crippen LogP) is 3.62. The second-order valence-electron chi connectivity index (χ2n) is 10.2. The number of ketones is 1. The molecule has 9 heteroatoms. The van der Waals surface area contributed by atoms with Crippen molar-refractivity contribution < 1.29 is 28.6 Å². The molecular weight excluding hydrogens is 546 g/mol. The summed E-state index contributed by atoms with van der Waals surface area (Å²) in [6, 6.07) is 20.9. The second kappa shape index (κ2) is 16.2. The quantitative estimate of drug-likeness (QED) is 0.169. The third-order valence-corrected chi connectivity index (χ3v) is 7.24. The molecule has 1 atom stereocenters. The van der Waals surface area contributed by atoms with Crippen molar-refractivity contribution in [1.29, 1.82) is 0 Å². The second-order valence-corrected chi connectivity index (χ2v) is 10.2. The number of ether oxygens (including phenoxy) is 3. The van der Waals surface area contributed by atoms with Crippen molar-refractivity contribution in [2.45, 2.75) is 18.9 Å². The highest BCUT2D eigenvalue weighted by atomic mass is 16.5. The minimum absolute atomic E-state index is 0.191. The lowest BCUT2D eigenvalue weighted by Crippen LogP contribution is -2.49. The van der Waals surface area contributed by atoms with Crippen LogP contribution in [0.3, 0.4) is 0 Å². The maximum absolute atomic E-state index is 13.5. The van der Waals surface area contributed by atoms with Crippen LogP contribution in [0.1, 0.15) is 33.5 Å². The summed E-state index contributed by atoms with van der Waals surface area (Å²) in [6.45, 7) is 4.33. The van der Waals surface area contributed by atoms with Crippen molar-refractivity contribution >= 4 is 29.7 Å². The zero-order valence-corrected chi connectivity index (χ0v) is 24.7. The Morgan fingerprint density at radius 2 is 1.63 bits per heavy atom. The predicted molar refractivity (Wildman–Crippen MR) is 166 cm³/mol. The zero-order chi connectivity index (χ0) is 30.4. The van der Waals surface area contributed by atoms with E-state index < -0.39 is 23.6 Å². The lowest BCUT2D eigenvalue weighted by Gasteiger charge is -2.26. The molecule has 226 valence electrons. The monoisotopic (exact) mass is 585 g/mol. The van der Waals surface area contributed by atoms with E-state index in [-0.39, 0.29) is 6.42 Å². The molecule has 1 heterocycles. The van der Waals surface area contributed by atoms with Crippen molar-refractivity contribution in [2.75, 3.05) is 53.6 Å². The fourth-order valence-corrected chi connectivity index (χ4v) is 4.86. The number of rotatable bonds is 14. The van der Waals surface area contributed by atoms with Gasteiger partial charge in [-0.3, -0.25) is 19.3 Å². The van der Waals surface area contributed by atoms with Crippen molar-refractivity contribution in [3.05, 3.63) is 95.1 Å². The number of Topliss-reactive ketones (excluding diaryl/α,β-unsaturated/α-hetero) is 1. The first-order chi connectivity index (χ1) is 21.0. The summed E-state index contributed by atoms with van der Waals surface area (Å²) in [4.78, 5) is 42.0. The highest BCUT2D eigenvalue weighted by Gasteiger charge is 2.28. The molecular formula is C34H39N3O6. The number of carbonyl (C=O) groups excluding carboxylic acids is 3. The Balaban J connectivity index is 1.45. The van der Waals surface area contributed by atoms with E-state index in [1.54, 1.807) is 26.4 Å². The third kappa shape index (κ3) is 9.26. The van der Waals surface area contributed by atoms with Crippen LogP contribution in [0.15, 0.2) is 72.8 Å². The summed E-state index contributed by atoms with van der Waals surface area (Å²) in [5.74, 6) is -0.610. The summed E-state index contributed by atoms with van der Waals surface area (Å²) < 4.78 is 16.1. The average molecular weight is 586 g/mol. The SMILES string of the molecule is COc1ccc(/C=C/c2ccccc2C(=O)N[C@@H](Cc2ccccc2)C(=O)C(=O)NCCCN2CCOCC2)cc1OC. The van der Waals surface area contributed by atoms with Gasteiger partial charge in [0, 0.05) is 31.6 Å². The number of nitrogens with zero attached hydrogens (tertiary/aromatic N) is 1. The Kier molecular flexibility index (Phi) is 11.9. The highest BCUT2D eigenvalue weighted by Crippen LogP contribution is 2.28. The standard InChI is InChI=1S/C34H39N3O6/c1-41-30-16-14-26(24-31(30)42-2)13-15-27-11-6-7-12-28(27)33(39)36-29(23-25-9-4-3-5-10-25)32(38)34(40)35-17-8-18-37-19-21-43-22-20-37/h3-7,9-16,24,29H,8,17-23H2,1-2H3,(H,35,40)(H,36,39)/b15-13+/t29-/m0/s1. The fraction of sp³-hybridized carbons (Fsp3) is 0.324. The number of benzene rings is 3. The molecule has 0 spiro atoms. The molecule has 43 heavy (non-hydrogen) atoms. The first-order valence-electron chi connectivity index (χ1n) is 14.4. The molecule has 4 rings (SSSR count). The molecule has 0 radical (unpaired) electrons. The lowest BCUT2D eigenvalue weighted by molar-refractivity contribution is -0.139. The number of hydrogen-bond acceptors (Lipinski definition) is 7. The van der Waals surface area contributed by atoms with Gasteiger partial charge in [0.15, 0.2) is 11.5 Å². The Labute approximate surface area is 252 Å². The highest BCUT2D eigenvalue weighted by molar-refractivity contribution is 6.38. The topological polar surface area (TPSA) is 106 Å². The van der Waals surface area contributed by atoms with Gasteiger partial charge in [-0.1, -0.05) is 66.7 Å². The molecule has 1 fully saturated rings. The van der Waals surface area contributed by atoms with E-state index in [1.165, 1.54) is 0 Å². The summed E-state index contributed by atoms with van der Waals surface area (Å²) in [5.41, 5.74) is 2.74. The van der Waals surface area contributed by atoms with Crippen LogP contribution in [0.5, 0.6) is 11.5 Å². The maximum atomic E-state index is 13.5. The number of hydrogen-bond donors (Lipinski definition) is 2. The largest absolute Gasteiger partial charge is 0.493 e. The Morgan fingerprint density at radius 1 is 0.907 bits per heavy atom. The lowest BCUT2D eigenvalue weighted by atomic mass is 10.00. The van der Waals surface area contributed by atoms with Crippen LogP contribution < -0.4 is 20.1 Å². The van der Waals surface area contributed by atoms with Gasteiger partial charge in [0.25, 0.3) is 11.8 Å². The van der Waals surface area contributed by atoms with E-state index >= 15 is 0 Å². The van der Waals surface area contributed by atoms with Crippen molar-refractivity contribution in [3.8, 4) is 11.5 Å². The summed E-state index contributed by atoms with van der Waals surface area (Å²) in [5, 5.41) is 5.58. The van der Waals surface area contributed by atoms with Gasteiger partial charge in [-0.25, -0.2) is 0 Å². The fourth-order valence-electron chi connectivity index (χ4n) is 4.86. The van der Waals surface area contributed by atoms with Gasteiger partial charge in [-0.05, 0) is 47.9 Å². The molecule has 3 aromatic carbocycles.